The first-order valence-electron chi connectivity index (χ1n) is 8.26. The molecular weight excluding hydrogens is 364 g/mol. The van der Waals surface area contributed by atoms with E-state index in [9.17, 15) is 9.90 Å². The van der Waals surface area contributed by atoms with Crippen molar-refractivity contribution in [1.29, 1.82) is 0 Å². The molecule has 8 heteroatoms. The molecule has 27 heavy (non-hydrogen) atoms. The van der Waals surface area contributed by atoms with E-state index in [2.05, 4.69) is 15.5 Å². The van der Waals surface area contributed by atoms with Gasteiger partial charge in [-0.1, -0.05) is 23.9 Å². The average molecular weight is 380 g/mol. The smallest absolute Gasteiger partial charge is 0.336 e. The number of aryl methyl sites for hydroxylation is 1. The Morgan fingerprint density at radius 3 is 2.89 bits per heavy atom. The summed E-state index contributed by atoms with van der Waals surface area (Å²) in [5.74, 6) is 0.535. The molecule has 0 aliphatic heterocycles. The molecule has 4 aromatic rings. The molecule has 0 saturated heterocycles. The minimum absolute atomic E-state index is 0.0503. The van der Waals surface area contributed by atoms with Crippen molar-refractivity contribution in [3.8, 4) is 11.4 Å². The van der Waals surface area contributed by atoms with Gasteiger partial charge in [0, 0.05) is 23.3 Å². The van der Waals surface area contributed by atoms with Crippen molar-refractivity contribution in [1.82, 2.24) is 20.2 Å². The van der Waals surface area contributed by atoms with Gasteiger partial charge in [0.1, 0.15) is 11.3 Å². The third-order valence-electron chi connectivity index (χ3n) is 4.42. The van der Waals surface area contributed by atoms with E-state index in [1.807, 2.05) is 32.0 Å². The third kappa shape index (κ3) is 3.31. The van der Waals surface area contributed by atoms with Crippen LogP contribution in [0.1, 0.15) is 16.7 Å². The Kier molecular flexibility index (Phi) is 4.41. The van der Waals surface area contributed by atoms with E-state index in [-0.39, 0.29) is 5.75 Å². The summed E-state index contributed by atoms with van der Waals surface area (Å²) in [5, 5.41) is 23.0. The van der Waals surface area contributed by atoms with E-state index < -0.39 is 5.63 Å². The molecule has 0 amide bonds. The number of phenolic OH excluding ortho intramolecular Hbond substituents is 1. The fraction of sp³-hybridized carbons (Fsp3) is 0.158. The van der Waals surface area contributed by atoms with Gasteiger partial charge >= 0.3 is 5.63 Å². The number of aromatic hydroxyl groups is 1. The maximum atomic E-state index is 11.8. The second kappa shape index (κ2) is 6.88. The van der Waals surface area contributed by atoms with Crippen LogP contribution in [0.15, 0.2) is 56.8 Å². The van der Waals surface area contributed by atoms with Crippen molar-refractivity contribution in [3.05, 3.63) is 69.6 Å². The zero-order chi connectivity index (χ0) is 19.0. The molecule has 2 aromatic carbocycles. The Balaban J connectivity index is 1.68. The lowest BCUT2D eigenvalue weighted by molar-refractivity contribution is 0.473. The summed E-state index contributed by atoms with van der Waals surface area (Å²) in [4.78, 5) is 11.8. The van der Waals surface area contributed by atoms with Crippen LogP contribution in [-0.4, -0.2) is 25.3 Å². The van der Waals surface area contributed by atoms with Crippen LogP contribution in [0.25, 0.3) is 16.7 Å². The number of aromatic nitrogens is 4. The summed E-state index contributed by atoms with van der Waals surface area (Å²) in [5.41, 5.74) is 3.87. The summed E-state index contributed by atoms with van der Waals surface area (Å²) in [6.07, 6.45) is 0. The molecule has 0 spiro atoms. The summed E-state index contributed by atoms with van der Waals surface area (Å²) in [6.45, 7) is 4.07. The van der Waals surface area contributed by atoms with Crippen molar-refractivity contribution in [2.24, 2.45) is 0 Å². The van der Waals surface area contributed by atoms with E-state index >= 15 is 0 Å². The van der Waals surface area contributed by atoms with Gasteiger partial charge in [-0.2, -0.15) is 4.68 Å². The number of thioether (sulfide) groups is 1. The van der Waals surface area contributed by atoms with Crippen molar-refractivity contribution in [2.45, 2.75) is 24.8 Å². The quantitative estimate of drug-likeness (QED) is 0.428. The van der Waals surface area contributed by atoms with Crippen LogP contribution in [-0.2, 0) is 5.75 Å². The van der Waals surface area contributed by atoms with E-state index in [0.717, 1.165) is 27.8 Å². The van der Waals surface area contributed by atoms with Gasteiger partial charge in [0.05, 0.1) is 5.69 Å². The maximum absolute atomic E-state index is 11.8. The van der Waals surface area contributed by atoms with Crippen LogP contribution in [0.3, 0.4) is 0 Å². The molecular formula is C19H16N4O3S. The second-order valence-corrected chi connectivity index (χ2v) is 7.09. The van der Waals surface area contributed by atoms with Crippen molar-refractivity contribution in [3.63, 3.8) is 0 Å². The van der Waals surface area contributed by atoms with Crippen molar-refractivity contribution < 1.29 is 9.52 Å². The third-order valence-corrected chi connectivity index (χ3v) is 5.38. The van der Waals surface area contributed by atoms with Crippen LogP contribution in [0, 0.1) is 13.8 Å². The highest BCUT2D eigenvalue weighted by Gasteiger charge is 2.14. The Morgan fingerprint density at radius 2 is 2.04 bits per heavy atom. The summed E-state index contributed by atoms with van der Waals surface area (Å²) in [6, 6.07) is 12.2. The fourth-order valence-electron chi connectivity index (χ4n) is 2.87. The molecule has 7 nitrogen and oxygen atoms in total. The van der Waals surface area contributed by atoms with Gasteiger partial charge in [-0.05, 0) is 59.2 Å². The SMILES string of the molecule is Cc1cccc(-n2nnnc2SCc2cc(=O)oc3cc(O)ccc23)c1C. The molecule has 0 atom stereocenters. The fourth-order valence-corrected chi connectivity index (χ4v) is 3.74. The van der Waals surface area contributed by atoms with Crippen LogP contribution >= 0.6 is 11.8 Å². The van der Waals surface area contributed by atoms with E-state index in [0.29, 0.717) is 16.5 Å². The molecule has 1 N–H and O–H groups in total. The van der Waals surface area contributed by atoms with Crippen LogP contribution in [0.2, 0.25) is 0 Å². The molecule has 0 unspecified atom stereocenters. The maximum Gasteiger partial charge on any atom is 0.336 e. The Labute approximate surface area is 158 Å². The van der Waals surface area contributed by atoms with Crippen LogP contribution in [0.4, 0.5) is 0 Å². The number of benzene rings is 2. The predicted octanol–water partition coefficient (Wildman–Crippen LogP) is 3.38. The number of nitrogens with zero attached hydrogens (tertiary/aromatic N) is 4. The van der Waals surface area contributed by atoms with Gasteiger partial charge in [0.15, 0.2) is 0 Å². The van der Waals surface area contributed by atoms with Crippen LogP contribution < -0.4 is 5.63 Å². The molecule has 2 aromatic heterocycles. The zero-order valence-corrected chi connectivity index (χ0v) is 15.5. The molecule has 0 bridgehead atoms. The highest BCUT2D eigenvalue weighted by Crippen LogP contribution is 2.28. The lowest BCUT2D eigenvalue weighted by atomic mass is 10.1. The van der Waals surface area contributed by atoms with Gasteiger partial charge < -0.3 is 9.52 Å². The van der Waals surface area contributed by atoms with E-state index in [4.69, 9.17) is 4.42 Å². The summed E-state index contributed by atoms with van der Waals surface area (Å²) in [7, 11) is 0. The predicted molar refractivity (Wildman–Crippen MR) is 102 cm³/mol. The summed E-state index contributed by atoms with van der Waals surface area (Å²) < 4.78 is 6.87. The average Bonchev–Trinajstić information content (AvgIpc) is 3.09. The molecule has 2 heterocycles. The number of hydrogen-bond acceptors (Lipinski definition) is 7. The molecule has 0 aliphatic rings. The number of phenols is 1. The first kappa shape index (κ1) is 17.3. The lowest BCUT2D eigenvalue weighted by Gasteiger charge is -2.10. The Hall–Kier alpha value is -3.13. The van der Waals surface area contributed by atoms with E-state index in [1.165, 1.54) is 23.9 Å². The second-order valence-electron chi connectivity index (χ2n) is 6.15. The molecule has 4 rings (SSSR count). The number of hydrogen-bond donors (Lipinski definition) is 1. The zero-order valence-electron chi connectivity index (χ0n) is 14.7. The number of tetrazole rings is 1. The largest absolute Gasteiger partial charge is 0.508 e. The Morgan fingerprint density at radius 1 is 1.19 bits per heavy atom. The monoisotopic (exact) mass is 380 g/mol. The van der Waals surface area contributed by atoms with Crippen molar-refractivity contribution >= 4 is 22.7 Å². The lowest BCUT2D eigenvalue weighted by Crippen LogP contribution is -2.03. The number of fused-ring (bicyclic) bond motifs is 1. The first-order chi connectivity index (χ1) is 13.0. The first-order valence-corrected chi connectivity index (χ1v) is 9.25. The topological polar surface area (TPSA) is 94.0 Å². The molecule has 0 fully saturated rings. The van der Waals surface area contributed by atoms with Gasteiger partial charge in [-0.15, -0.1) is 5.10 Å². The van der Waals surface area contributed by atoms with Gasteiger partial charge in [0.25, 0.3) is 0 Å². The minimum Gasteiger partial charge on any atom is -0.508 e. The van der Waals surface area contributed by atoms with Crippen molar-refractivity contribution in [2.75, 3.05) is 0 Å². The minimum atomic E-state index is -0.460. The summed E-state index contributed by atoms with van der Waals surface area (Å²) >= 11 is 1.43. The van der Waals surface area contributed by atoms with Crippen LogP contribution in [0.5, 0.6) is 5.75 Å². The molecule has 0 saturated carbocycles. The normalized spacial score (nSPS) is 11.2. The standard InChI is InChI=1S/C19H16N4O3S/c1-11-4-3-5-16(12(11)2)23-19(20-21-22-23)27-10-13-8-18(25)26-17-9-14(24)6-7-15(13)17/h3-9,24H,10H2,1-2H3. The highest BCUT2D eigenvalue weighted by atomic mass is 32.2. The Bertz CT molecular complexity index is 1200. The molecule has 0 radical (unpaired) electrons. The van der Waals surface area contributed by atoms with E-state index in [1.54, 1.807) is 16.8 Å². The molecule has 0 aliphatic carbocycles. The number of rotatable bonds is 4. The highest BCUT2D eigenvalue weighted by molar-refractivity contribution is 7.98. The van der Waals surface area contributed by atoms with Gasteiger partial charge in [-0.3, -0.25) is 0 Å². The van der Waals surface area contributed by atoms with Gasteiger partial charge in [-0.25, -0.2) is 4.79 Å². The van der Waals surface area contributed by atoms with Gasteiger partial charge in [0.2, 0.25) is 5.16 Å². The molecule has 136 valence electrons.